The van der Waals surface area contributed by atoms with Gasteiger partial charge in [-0.05, 0) is 48.5 Å². The number of benzene rings is 2. The maximum atomic E-state index is 14.7. The van der Waals surface area contributed by atoms with Gasteiger partial charge >= 0.3 is 12.1 Å². The third-order valence-electron chi connectivity index (χ3n) is 4.17. The predicted octanol–water partition coefficient (Wildman–Crippen LogP) is 4.36. The highest BCUT2D eigenvalue weighted by Gasteiger charge is 2.36. The Morgan fingerprint density at radius 2 is 1.69 bits per heavy atom. The number of carboxylic acid groups (broad SMARTS) is 1. The lowest BCUT2D eigenvalue weighted by atomic mass is 10.2. The Labute approximate surface area is 146 Å². The summed E-state index contributed by atoms with van der Waals surface area (Å²) in [5, 5.41) is 8.89. The van der Waals surface area contributed by atoms with Crippen molar-refractivity contribution in [1.29, 1.82) is 0 Å². The zero-order valence-electron chi connectivity index (χ0n) is 13.4. The second-order valence-corrected chi connectivity index (χ2v) is 5.89. The van der Waals surface area contributed by atoms with Crippen molar-refractivity contribution in [2.45, 2.75) is 25.0 Å². The molecule has 0 aromatic heterocycles. The molecule has 2 aromatic carbocycles. The summed E-state index contributed by atoms with van der Waals surface area (Å²) in [6, 6.07) is 9.90. The van der Waals surface area contributed by atoms with Crippen molar-refractivity contribution in [3.63, 3.8) is 0 Å². The van der Waals surface area contributed by atoms with E-state index in [0.717, 1.165) is 12.1 Å². The second-order valence-electron chi connectivity index (χ2n) is 5.89. The summed E-state index contributed by atoms with van der Waals surface area (Å²) in [4.78, 5) is 12.3. The molecule has 8 heteroatoms. The van der Waals surface area contributed by atoms with Crippen molar-refractivity contribution >= 4 is 11.7 Å². The molecule has 0 spiro atoms. The van der Waals surface area contributed by atoms with Crippen molar-refractivity contribution in [2.75, 3.05) is 11.4 Å². The van der Waals surface area contributed by atoms with Gasteiger partial charge in [-0.2, -0.15) is 13.2 Å². The van der Waals surface area contributed by atoms with Gasteiger partial charge in [0.05, 0.1) is 11.1 Å². The van der Waals surface area contributed by atoms with Gasteiger partial charge in [-0.1, -0.05) is 0 Å². The van der Waals surface area contributed by atoms with Gasteiger partial charge in [-0.3, -0.25) is 0 Å². The molecule has 1 fully saturated rings. The number of ether oxygens (including phenoxy) is 1. The monoisotopic (exact) mass is 369 g/mol. The fraction of sp³-hybridized carbons (Fsp3) is 0.278. The van der Waals surface area contributed by atoms with Gasteiger partial charge in [0.2, 0.25) is 6.30 Å². The highest BCUT2D eigenvalue weighted by molar-refractivity contribution is 5.88. The first-order valence-electron chi connectivity index (χ1n) is 7.84. The van der Waals surface area contributed by atoms with E-state index >= 15 is 0 Å². The molecular weight excluding hydrogens is 354 g/mol. The van der Waals surface area contributed by atoms with Crippen LogP contribution in [0.15, 0.2) is 48.5 Å². The van der Waals surface area contributed by atoms with Crippen LogP contribution >= 0.6 is 0 Å². The maximum Gasteiger partial charge on any atom is 0.416 e. The minimum atomic E-state index is -4.44. The molecule has 1 aliphatic heterocycles. The van der Waals surface area contributed by atoms with Crippen molar-refractivity contribution in [3.8, 4) is 5.75 Å². The summed E-state index contributed by atoms with van der Waals surface area (Å²) >= 11 is 0. The smallest absolute Gasteiger partial charge is 0.416 e. The minimum absolute atomic E-state index is 0.0981. The molecule has 1 aliphatic rings. The van der Waals surface area contributed by atoms with E-state index in [0.29, 0.717) is 18.7 Å². The summed E-state index contributed by atoms with van der Waals surface area (Å²) in [5.41, 5.74) is -0.185. The van der Waals surface area contributed by atoms with E-state index in [1.54, 1.807) is 0 Å². The first-order chi connectivity index (χ1) is 12.3. The van der Waals surface area contributed by atoms with E-state index in [1.165, 1.54) is 41.3 Å². The van der Waals surface area contributed by atoms with E-state index in [-0.39, 0.29) is 11.3 Å². The molecule has 2 atom stereocenters. The maximum absolute atomic E-state index is 14.7. The quantitative estimate of drug-likeness (QED) is 0.643. The lowest BCUT2D eigenvalue weighted by molar-refractivity contribution is -0.137. The van der Waals surface area contributed by atoms with Crippen molar-refractivity contribution < 1.29 is 32.2 Å². The largest absolute Gasteiger partial charge is 0.485 e. The third-order valence-corrected chi connectivity index (χ3v) is 4.17. The molecule has 0 saturated carbocycles. The number of alkyl halides is 4. The molecule has 0 amide bonds. The Kier molecular flexibility index (Phi) is 4.76. The molecule has 138 valence electrons. The molecule has 26 heavy (non-hydrogen) atoms. The Morgan fingerprint density at radius 1 is 1.08 bits per heavy atom. The Balaban J connectivity index is 1.67. The van der Waals surface area contributed by atoms with Crippen molar-refractivity contribution in [3.05, 3.63) is 59.7 Å². The number of carbonyl (C=O) groups is 1. The van der Waals surface area contributed by atoms with E-state index in [2.05, 4.69) is 0 Å². The van der Waals surface area contributed by atoms with Gasteiger partial charge in [0.15, 0.2) is 6.10 Å². The van der Waals surface area contributed by atoms with Gasteiger partial charge in [-0.15, -0.1) is 0 Å². The van der Waals surface area contributed by atoms with E-state index in [1.807, 2.05) is 0 Å². The van der Waals surface area contributed by atoms with Gasteiger partial charge in [0.1, 0.15) is 5.75 Å². The zero-order chi connectivity index (χ0) is 18.9. The average molecular weight is 369 g/mol. The molecule has 1 N–H and O–H groups in total. The zero-order valence-corrected chi connectivity index (χ0v) is 13.4. The van der Waals surface area contributed by atoms with Gasteiger partial charge < -0.3 is 14.7 Å². The molecule has 2 aromatic rings. The van der Waals surface area contributed by atoms with Crippen LogP contribution in [0.3, 0.4) is 0 Å². The molecule has 4 nitrogen and oxygen atoms in total. The molecular formula is C18H15F4NO3. The summed E-state index contributed by atoms with van der Waals surface area (Å²) in [6.45, 7) is 0.346. The molecule has 0 aliphatic carbocycles. The van der Waals surface area contributed by atoms with Crippen LogP contribution in [0.4, 0.5) is 23.2 Å². The van der Waals surface area contributed by atoms with Crippen LogP contribution in [0.25, 0.3) is 0 Å². The number of carboxylic acids is 1. The van der Waals surface area contributed by atoms with Crippen molar-refractivity contribution in [2.24, 2.45) is 0 Å². The summed E-state index contributed by atoms with van der Waals surface area (Å²) in [7, 11) is 0. The second kappa shape index (κ2) is 6.86. The Morgan fingerprint density at radius 3 is 2.23 bits per heavy atom. The van der Waals surface area contributed by atoms with Crippen LogP contribution in [-0.2, 0) is 6.18 Å². The van der Waals surface area contributed by atoms with Crippen LogP contribution in [-0.4, -0.2) is 30.0 Å². The predicted molar refractivity (Wildman–Crippen MR) is 86.1 cm³/mol. The van der Waals surface area contributed by atoms with Gasteiger partial charge in [0, 0.05) is 18.7 Å². The number of hydrogen-bond acceptors (Lipinski definition) is 3. The number of hydrogen-bond donors (Lipinski definition) is 1. The summed E-state index contributed by atoms with van der Waals surface area (Å²) < 4.78 is 57.8. The molecule has 1 saturated heterocycles. The topological polar surface area (TPSA) is 49.8 Å². The van der Waals surface area contributed by atoms with Crippen molar-refractivity contribution in [1.82, 2.24) is 0 Å². The van der Waals surface area contributed by atoms with E-state index < -0.39 is 30.1 Å². The standard InChI is InChI=1S/C18H15F4NO3/c19-16-15(26-14-7-3-12(4-8-14)18(20,21)22)9-10-23(16)13-5-1-11(2-6-13)17(24)25/h1-8,15-16H,9-10H2,(H,24,25). The van der Waals surface area contributed by atoms with Crippen LogP contribution in [0.2, 0.25) is 0 Å². The van der Waals surface area contributed by atoms with Crippen LogP contribution in [0, 0.1) is 0 Å². The highest BCUT2D eigenvalue weighted by atomic mass is 19.4. The number of rotatable bonds is 4. The fourth-order valence-electron chi connectivity index (χ4n) is 2.81. The number of aromatic carboxylic acids is 1. The van der Waals surface area contributed by atoms with E-state index in [9.17, 15) is 22.4 Å². The first-order valence-corrected chi connectivity index (χ1v) is 7.84. The molecule has 2 unspecified atom stereocenters. The molecule has 0 bridgehead atoms. The fourth-order valence-corrected chi connectivity index (χ4v) is 2.81. The highest BCUT2D eigenvalue weighted by Crippen LogP contribution is 2.32. The van der Waals surface area contributed by atoms with Crippen LogP contribution in [0.1, 0.15) is 22.3 Å². The molecule has 0 radical (unpaired) electrons. The lowest BCUT2D eigenvalue weighted by Crippen LogP contribution is -2.33. The summed E-state index contributed by atoms with van der Waals surface area (Å²) in [5.74, 6) is -0.910. The number of anilines is 1. The Hall–Kier alpha value is -2.77. The average Bonchev–Trinajstić information content (AvgIpc) is 2.95. The molecule has 1 heterocycles. The van der Waals surface area contributed by atoms with Crippen LogP contribution in [0.5, 0.6) is 5.75 Å². The molecule has 3 rings (SSSR count). The number of nitrogens with zero attached hydrogens (tertiary/aromatic N) is 1. The third kappa shape index (κ3) is 3.74. The normalized spacial score (nSPS) is 20.2. The minimum Gasteiger partial charge on any atom is -0.485 e. The van der Waals surface area contributed by atoms with E-state index in [4.69, 9.17) is 9.84 Å². The van der Waals surface area contributed by atoms with Crippen LogP contribution < -0.4 is 9.64 Å². The SMILES string of the molecule is O=C(O)c1ccc(N2CCC(Oc3ccc(C(F)(F)F)cc3)C2F)cc1. The van der Waals surface area contributed by atoms with Gasteiger partial charge in [-0.25, -0.2) is 9.18 Å². The van der Waals surface area contributed by atoms with Gasteiger partial charge in [0.25, 0.3) is 0 Å². The Bertz CT molecular complexity index is 775. The lowest BCUT2D eigenvalue weighted by Gasteiger charge is -2.24. The first kappa shape index (κ1) is 18.0. The summed E-state index contributed by atoms with van der Waals surface area (Å²) in [6.07, 6.45) is -6.41. The number of halogens is 4.